The maximum absolute atomic E-state index is 5.99. The minimum absolute atomic E-state index is 0.444. The molecule has 2 N–H and O–H groups in total. The van der Waals surface area contributed by atoms with Gasteiger partial charge in [0.05, 0.1) is 6.61 Å². The summed E-state index contributed by atoms with van der Waals surface area (Å²) in [6, 6.07) is 7.79. The molecule has 0 aliphatic rings. The van der Waals surface area contributed by atoms with Crippen molar-refractivity contribution < 1.29 is 4.74 Å². The van der Waals surface area contributed by atoms with E-state index in [1.54, 1.807) is 0 Å². The molecule has 1 heterocycles. The van der Waals surface area contributed by atoms with E-state index in [0.717, 1.165) is 22.1 Å². The van der Waals surface area contributed by atoms with Gasteiger partial charge in [-0.1, -0.05) is 23.7 Å². The molecule has 0 spiro atoms. The van der Waals surface area contributed by atoms with E-state index in [2.05, 4.69) is 9.27 Å². The van der Waals surface area contributed by atoms with Gasteiger partial charge in [0, 0.05) is 18.6 Å². The molecule has 0 atom stereocenters. The van der Waals surface area contributed by atoms with Gasteiger partial charge in [0.15, 0.2) is 16.6 Å². The Morgan fingerprint density at radius 3 is 2.95 bits per heavy atom. The summed E-state index contributed by atoms with van der Waals surface area (Å²) in [4.78, 5) is 2.06. The predicted molar refractivity (Wildman–Crippen MR) is 81.3 cm³/mol. The molecule has 0 bridgehead atoms. The molecule has 0 aliphatic heterocycles. The molecule has 6 heteroatoms. The molecule has 0 unspecified atom stereocenters. The number of aromatic nitrogens is 1. The fourth-order valence-electron chi connectivity index (χ4n) is 1.79. The second-order valence-electron chi connectivity index (χ2n) is 4.12. The van der Waals surface area contributed by atoms with Gasteiger partial charge in [-0.3, -0.25) is 0 Å². The third kappa shape index (κ3) is 3.30. The van der Waals surface area contributed by atoms with Crippen LogP contribution in [-0.2, 0) is 6.54 Å². The fourth-order valence-corrected chi connectivity index (χ4v) is 2.72. The zero-order chi connectivity index (χ0) is 13.8. The summed E-state index contributed by atoms with van der Waals surface area (Å²) in [6.07, 6.45) is 0. The smallest absolute Gasteiger partial charge is 0.197 e. The number of anilines is 2. The average Bonchev–Trinajstić information content (AvgIpc) is 2.72. The van der Waals surface area contributed by atoms with Gasteiger partial charge in [-0.15, -0.1) is 0 Å². The van der Waals surface area contributed by atoms with E-state index in [-0.39, 0.29) is 0 Å². The van der Waals surface area contributed by atoms with Crippen LogP contribution in [0.4, 0.5) is 10.8 Å². The molecular weight excluding hydrogens is 282 g/mol. The van der Waals surface area contributed by atoms with Gasteiger partial charge in [-0.2, -0.15) is 4.37 Å². The second kappa shape index (κ2) is 6.12. The molecule has 4 nitrogen and oxygen atoms in total. The number of nitrogens with zero attached hydrogens (tertiary/aromatic N) is 2. The van der Waals surface area contributed by atoms with Crippen molar-refractivity contribution in [2.75, 3.05) is 24.3 Å². The van der Waals surface area contributed by atoms with Gasteiger partial charge in [0.2, 0.25) is 0 Å². The van der Waals surface area contributed by atoms with Gasteiger partial charge in [-0.25, -0.2) is 0 Å². The number of nitrogens with two attached hydrogens (primary N) is 1. The fraction of sp³-hybridized carbons (Fsp3) is 0.308. The number of halogens is 1. The third-order valence-corrected chi connectivity index (χ3v) is 3.79. The first-order chi connectivity index (χ1) is 9.11. The van der Waals surface area contributed by atoms with Crippen LogP contribution in [0.1, 0.15) is 12.5 Å². The number of rotatable bonds is 5. The highest BCUT2D eigenvalue weighted by molar-refractivity contribution is 7.11. The minimum atomic E-state index is 0.444. The first-order valence-corrected chi connectivity index (χ1v) is 7.10. The Balaban J connectivity index is 2.18. The third-order valence-electron chi connectivity index (χ3n) is 2.60. The highest BCUT2D eigenvalue weighted by Crippen LogP contribution is 2.38. The van der Waals surface area contributed by atoms with Gasteiger partial charge < -0.3 is 15.4 Å². The molecule has 2 aromatic rings. The van der Waals surface area contributed by atoms with E-state index in [1.165, 1.54) is 11.5 Å². The zero-order valence-corrected chi connectivity index (χ0v) is 12.5. The summed E-state index contributed by atoms with van der Waals surface area (Å²) in [5, 5.41) is 1.67. The molecule has 0 aliphatic carbocycles. The highest BCUT2D eigenvalue weighted by Gasteiger charge is 2.16. The first kappa shape index (κ1) is 14.0. The average molecular weight is 298 g/mol. The van der Waals surface area contributed by atoms with Crippen molar-refractivity contribution >= 4 is 34.0 Å². The Bertz CT molecular complexity index is 559. The van der Waals surface area contributed by atoms with Crippen molar-refractivity contribution in [2.24, 2.45) is 0 Å². The molecule has 0 amide bonds. The topological polar surface area (TPSA) is 51.4 Å². The lowest BCUT2D eigenvalue weighted by Gasteiger charge is -2.18. The highest BCUT2D eigenvalue weighted by atomic mass is 35.5. The summed E-state index contributed by atoms with van der Waals surface area (Å²) in [5.41, 5.74) is 6.94. The molecule has 0 fully saturated rings. The monoisotopic (exact) mass is 297 g/mol. The van der Waals surface area contributed by atoms with Crippen LogP contribution in [0.3, 0.4) is 0 Å². The van der Waals surface area contributed by atoms with Gasteiger partial charge in [0.1, 0.15) is 0 Å². The number of hydrogen-bond acceptors (Lipinski definition) is 5. The quantitative estimate of drug-likeness (QED) is 0.919. The van der Waals surface area contributed by atoms with Gasteiger partial charge in [-0.05, 0) is 36.2 Å². The molecule has 19 heavy (non-hydrogen) atoms. The lowest BCUT2D eigenvalue weighted by molar-refractivity contribution is 0.343. The molecule has 0 saturated carbocycles. The van der Waals surface area contributed by atoms with Crippen molar-refractivity contribution in [1.29, 1.82) is 0 Å². The molecule has 2 rings (SSSR count). The zero-order valence-electron chi connectivity index (χ0n) is 10.9. The van der Waals surface area contributed by atoms with Crippen molar-refractivity contribution in [1.82, 2.24) is 4.37 Å². The number of hydrogen-bond donors (Lipinski definition) is 1. The van der Waals surface area contributed by atoms with Crippen molar-refractivity contribution in [3.8, 4) is 5.75 Å². The van der Waals surface area contributed by atoms with Crippen LogP contribution >= 0.6 is 23.1 Å². The van der Waals surface area contributed by atoms with E-state index < -0.39 is 0 Å². The Morgan fingerprint density at radius 2 is 2.26 bits per heavy atom. The van der Waals surface area contributed by atoms with E-state index in [1.807, 2.05) is 38.2 Å². The summed E-state index contributed by atoms with van der Waals surface area (Å²) in [7, 11) is 1.98. The van der Waals surface area contributed by atoms with Crippen LogP contribution in [-0.4, -0.2) is 18.0 Å². The lowest BCUT2D eigenvalue weighted by Crippen LogP contribution is -2.16. The normalized spacial score (nSPS) is 10.5. The predicted octanol–water partition coefficient (Wildman–Crippen LogP) is 3.41. The molecule has 102 valence electrons. The van der Waals surface area contributed by atoms with E-state index in [4.69, 9.17) is 22.1 Å². The summed E-state index contributed by atoms with van der Waals surface area (Å²) >= 11 is 7.33. The van der Waals surface area contributed by atoms with Gasteiger partial charge >= 0.3 is 0 Å². The number of ether oxygens (including phenoxy) is 1. The van der Waals surface area contributed by atoms with E-state index in [9.17, 15) is 0 Å². The summed E-state index contributed by atoms with van der Waals surface area (Å²) in [5.74, 6) is 1.11. The van der Waals surface area contributed by atoms with Crippen molar-refractivity contribution in [3.63, 3.8) is 0 Å². The molecule has 1 aromatic carbocycles. The maximum atomic E-state index is 5.99. The van der Waals surface area contributed by atoms with Crippen LogP contribution in [0.15, 0.2) is 24.3 Å². The van der Waals surface area contributed by atoms with Gasteiger partial charge in [0.25, 0.3) is 0 Å². The summed E-state index contributed by atoms with van der Waals surface area (Å²) in [6.45, 7) is 3.22. The van der Waals surface area contributed by atoms with Crippen molar-refractivity contribution in [3.05, 3.63) is 34.9 Å². The van der Waals surface area contributed by atoms with Crippen molar-refractivity contribution in [2.45, 2.75) is 13.5 Å². The molecule has 0 saturated heterocycles. The first-order valence-electron chi connectivity index (χ1n) is 5.95. The second-order valence-corrected chi connectivity index (χ2v) is 5.31. The van der Waals surface area contributed by atoms with E-state index in [0.29, 0.717) is 18.2 Å². The number of nitrogen functional groups attached to an aromatic ring is 1. The van der Waals surface area contributed by atoms with Crippen LogP contribution in [0.2, 0.25) is 5.02 Å². The minimum Gasteiger partial charge on any atom is -0.487 e. The van der Waals surface area contributed by atoms with Crippen LogP contribution < -0.4 is 15.4 Å². The Kier molecular flexibility index (Phi) is 4.50. The maximum Gasteiger partial charge on any atom is 0.197 e. The van der Waals surface area contributed by atoms with Crippen LogP contribution in [0, 0.1) is 0 Å². The molecular formula is C13H16ClN3OS. The van der Waals surface area contributed by atoms with E-state index >= 15 is 0 Å². The largest absolute Gasteiger partial charge is 0.487 e. The van der Waals surface area contributed by atoms with Crippen LogP contribution in [0.25, 0.3) is 0 Å². The lowest BCUT2D eigenvalue weighted by atomic mass is 10.2. The summed E-state index contributed by atoms with van der Waals surface area (Å²) < 4.78 is 9.69. The molecule has 1 aromatic heterocycles. The molecule has 0 radical (unpaired) electrons. The Labute approximate surface area is 121 Å². The van der Waals surface area contributed by atoms with Crippen LogP contribution in [0.5, 0.6) is 5.75 Å². The SMILES string of the molecule is CCOc1c(N)nsc1N(C)Cc1cccc(Cl)c1. The standard InChI is InChI=1S/C13H16ClN3OS/c1-3-18-11-12(15)16-19-13(11)17(2)8-9-5-4-6-10(14)7-9/h4-7H,3,8H2,1-2H3,(H2,15,16). The Morgan fingerprint density at radius 1 is 1.47 bits per heavy atom. The number of benzene rings is 1. The Hall–Kier alpha value is -1.46.